The zero-order chi connectivity index (χ0) is 13.3. The number of methoxy groups -OCH3 is 1. The van der Waals surface area contributed by atoms with E-state index in [4.69, 9.17) is 9.47 Å². The van der Waals surface area contributed by atoms with E-state index >= 15 is 0 Å². The highest BCUT2D eigenvalue weighted by Crippen LogP contribution is 2.36. The number of cyclic esters (lactones) is 1. The fraction of sp³-hybridized carbons (Fsp3) is 0.533. The Hall–Kier alpha value is -1.51. The Morgan fingerprint density at radius 2 is 2.06 bits per heavy atom. The van der Waals surface area contributed by atoms with Crippen LogP contribution in [0.1, 0.15) is 50.8 Å². The molecule has 0 saturated carbocycles. The number of rotatable bonds is 2. The SMILES string of the molecule is COc1ccc(C2CCC(=O)O2)cc1C(C)(C)C. The fourth-order valence-corrected chi connectivity index (χ4v) is 2.27. The van der Waals surface area contributed by atoms with Gasteiger partial charge in [-0.3, -0.25) is 4.79 Å². The quantitative estimate of drug-likeness (QED) is 0.753. The van der Waals surface area contributed by atoms with Gasteiger partial charge in [0.15, 0.2) is 0 Å². The Labute approximate surface area is 108 Å². The zero-order valence-corrected chi connectivity index (χ0v) is 11.4. The molecule has 3 heteroatoms. The van der Waals surface area contributed by atoms with Gasteiger partial charge >= 0.3 is 5.97 Å². The number of benzene rings is 1. The van der Waals surface area contributed by atoms with E-state index in [1.54, 1.807) is 7.11 Å². The summed E-state index contributed by atoms with van der Waals surface area (Å²) >= 11 is 0. The molecule has 2 rings (SSSR count). The molecular weight excluding hydrogens is 228 g/mol. The first kappa shape index (κ1) is 12.9. The molecule has 0 bridgehead atoms. The van der Waals surface area contributed by atoms with E-state index < -0.39 is 0 Å². The van der Waals surface area contributed by atoms with Crippen molar-refractivity contribution < 1.29 is 14.3 Å². The first-order valence-electron chi connectivity index (χ1n) is 6.29. The van der Waals surface area contributed by atoms with Gasteiger partial charge in [0.05, 0.1) is 7.11 Å². The third-order valence-electron chi connectivity index (χ3n) is 3.29. The van der Waals surface area contributed by atoms with Crippen molar-refractivity contribution in [2.45, 2.75) is 45.1 Å². The lowest BCUT2D eigenvalue weighted by atomic mass is 9.84. The Morgan fingerprint density at radius 1 is 1.33 bits per heavy atom. The lowest BCUT2D eigenvalue weighted by molar-refractivity contribution is -0.141. The Bertz CT molecular complexity index is 457. The van der Waals surface area contributed by atoms with E-state index in [1.807, 2.05) is 12.1 Å². The first-order valence-corrected chi connectivity index (χ1v) is 6.29. The molecule has 0 spiro atoms. The van der Waals surface area contributed by atoms with E-state index in [0.717, 1.165) is 23.3 Å². The molecule has 1 aromatic carbocycles. The van der Waals surface area contributed by atoms with Crippen LogP contribution >= 0.6 is 0 Å². The van der Waals surface area contributed by atoms with Crippen molar-refractivity contribution in [2.24, 2.45) is 0 Å². The standard InChI is InChI=1S/C15H20O3/c1-15(2,3)11-9-10(5-6-13(11)17-4)12-7-8-14(16)18-12/h5-6,9,12H,7-8H2,1-4H3. The molecule has 1 heterocycles. The van der Waals surface area contributed by atoms with Gasteiger partial charge in [-0.25, -0.2) is 0 Å². The van der Waals surface area contributed by atoms with E-state index in [1.165, 1.54) is 0 Å². The summed E-state index contributed by atoms with van der Waals surface area (Å²) < 4.78 is 10.7. The monoisotopic (exact) mass is 248 g/mol. The van der Waals surface area contributed by atoms with Gasteiger partial charge in [-0.2, -0.15) is 0 Å². The molecule has 1 aromatic rings. The van der Waals surface area contributed by atoms with Crippen LogP contribution in [0.25, 0.3) is 0 Å². The molecule has 0 N–H and O–H groups in total. The molecule has 1 saturated heterocycles. The van der Waals surface area contributed by atoms with Gasteiger partial charge in [-0.05, 0) is 35.1 Å². The summed E-state index contributed by atoms with van der Waals surface area (Å²) in [7, 11) is 1.68. The lowest BCUT2D eigenvalue weighted by Crippen LogP contribution is -2.14. The molecule has 1 unspecified atom stereocenters. The second kappa shape index (κ2) is 4.63. The molecule has 0 radical (unpaired) electrons. The van der Waals surface area contributed by atoms with Crippen molar-refractivity contribution in [1.29, 1.82) is 0 Å². The van der Waals surface area contributed by atoms with Gasteiger partial charge in [-0.1, -0.05) is 26.8 Å². The highest BCUT2D eigenvalue weighted by atomic mass is 16.5. The van der Waals surface area contributed by atoms with Crippen LogP contribution < -0.4 is 4.74 Å². The number of esters is 1. The van der Waals surface area contributed by atoms with Gasteiger partial charge < -0.3 is 9.47 Å². The Kier molecular flexibility index (Phi) is 3.33. The average Bonchev–Trinajstić information content (AvgIpc) is 2.74. The van der Waals surface area contributed by atoms with Crippen molar-refractivity contribution in [3.8, 4) is 5.75 Å². The molecule has 0 amide bonds. The molecule has 1 fully saturated rings. The van der Waals surface area contributed by atoms with E-state index in [2.05, 4.69) is 26.8 Å². The third-order valence-corrected chi connectivity index (χ3v) is 3.29. The van der Waals surface area contributed by atoms with Gasteiger partial charge in [-0.15, -0.1) is 0 Å². The summed E-state index contributed by atoms with van der Waals surface area (Å²) in [6.45, 7) is 6.44. The minimum absolute atomic E-state index is 0.00394. The van der Waals surface area contributed by atoms with Crippen molar-refractivity contribution in [3.05, 3.63) is 29.3 Å². The first-order chi connectivity index (χ1) is 8.41. The summed E-state index contributed by atoms with van der Waals surface area (Å²) in [4.78, 5) is 11.2. The molecule has 98 valence electrons. The van der Waals surface area contributed by atoms with Crippen LogP contribution in [0.2, 0.25) is 0 Å². The molecule has 1 aliphatic heterocycles. The molecular formula is C15H20O3. The van der Waals surface area contributed by atoms with E-state index in [9.17, 15) is 4.79 Å². The van der Waals surface area contributed by atoms with Crippen molar-refractivity contribution in [3.63, 3.8) is 0 Å². The summed E-state index contributed by atoms with van der Waals surface area (Å²) in [5.41, 5.74) is 2.21. The number of hydrogen-bond donors (Lipinski definition) is 0. The van der Waals surface area contributed by atoms with Crippen LogP contribution in [0.3, 0.4) is 0 Å². The topological polar surface area (TPSA) is 35.5 Å². The van der Waals surface area contributed by atoms with Gasteiger partial charge in [0, 0.05) is 6.42 Å². The van der Waals surface area contributed by atoms with Crippen LogP contribution in [0.4, 0.5) is 0 Å². The number of carbonyl (C=O) groups excluding carboxylic acids is 1. The summed E-state index contributed by atoms with van der Waals surface area (Å²) in [5.74, 6) is 0.781. The summed E-state index contributed by atoms with van der Waals surface area (Å²) in [5, 5.41) is 0. The van der Waals surface area contributed by atoms with Crippen molar-refractivity contribution in [2.75, 3.05) is 7.11 Å². The average molecular weight is 248 g/mol. The number of ether oxygens (including phenoxy) is 2. The highest BCUT2D eigenvalue weighted by molar-refractivity contribution is 5.71. The lowest BCUT2D eigenvalue weighted by Gasteiger charge is -2.23. The van der Waals surface area contributed by atoms with Crippen LogP contribution in [0, 0.1) is 0 Å². The van der Waals surface area contributed by atoms with Crippen LogP contribution in [0.5, 0.6) is 5.75 Å². The maximum atomic E-state index is 11.2. The molecule has 18 heavy (non-hydrogen) atoms. The molecule has 0 aliphatic carbocycles. The second-order valence-corrected chi connectivity index (χ2v) is 5.73. The van der Waals surface area contributed by atoms with Crippen LogP contribution in [-0.2, 0) is 14.9 Å². The normalized spacial score (nSPS) is 19.8. The van der Waals surface area contributed by atoms with Gasteiger partial charge in [0.2, 0.25) is 0 Å². The predicted molar refractivity (Wildman–Crippen MR) is 69.8 cm³/mol. The summed E-state index contributed by atoms with van der Waals surface area (Å²) in [6, 6.07) is 6.04. The molecule has 1 aliphatic rings. The zero-order valence-electron chi connectivity index (χ0n) is 11.4. The van der Waals surface area contributed by atoms with E-state index in [-0.39, 0.29) is 17.5 Å². The largest absolute Gasteiger partial charge is 0.496 e. The third kappa shape index (κ3) is 2.50. The van der Waals surface area contributed by atoms with E-state index in [0.29, 0.717) is 6.42 Å². The molecule has 0 aromatic heterocycles. The number of hydrogen-bond acceptors (Lipinski definition) is 3. The molecule has 1 atom stereocenters. The highest BCUT2D eigenvalue weighted by Gasteiger charge is 2.27. The van der Waals surface area contributed by atoms with Crippen LogP contribution in [0.15, 0.2) is 18.2 Å². The molecule has 3 nitrogen and oxygen atoms in total. The fourth-order valence-electron chi connectivity index (χ4n) is 2.27. The van der Waals surface area contributed by atoms with Gasteiger partial charge in [0.1, 0.15) is 11.9 Å². The Morgan fingerprint density at radius 3 is 2.56 bits per heavy atom. The smallest absolute Gasteiger partial charge is 0.306 e. The minimum atomic E-state index is -0.104. The predicted octanol–water partition coefficient (Wildman–Crippen LogP) is 3.37. The number of carbonyl (C=O) groups is 1. The maximum Gasteiger partial charge on any atom is 0.306 e. The summed E-state index contributed by atoms with van der Waals surface area (Å²) in [6.07, 6.45) is 1.19. The van der Waals surface area contributed by atoms with Crippen molar-refractivity contribution >= 4 is 5.97 Å². The second-order valence-electron chi connectivity index (χ2n) is 5.73. The maximum absolute atomic E-state index is 11.2. The minimum Gasteiger partial charge on any atom is -0.496 e. The van der Waals surface area contributed by atoms with Crippen LogP contribution in [-0.4, -0.2) is 13.1 Å². The van der Waals surface area contributed by atoms with Crippen molar-refractivity contribution in [1.82, 2.24) is 0 Å². The Balaban J connectivity index is 2.37. The van der Waals surface area contributed by atoms with Gasteiger partial charge in [0.25, 0.3) is 0 Å².